The van der Waals surface area contributed by atoms with Crippen LogP contribution in [0, 0.1) is 11.6 Å². The average Bonchev–Trinajstić information content (AvgIpc) is 3.20. The quantitative estimate of drug-likeness (QED) is 0.347. The number of pyridine rings is 1. The molecule has 0 fully saturated rings. The first kappa shape index (κ1) is 24.1. The fraction of sp³-hybridized carbons (Fsp3) is 0.136. The van der Waals surface area contributed by atoms with Crippen LogP contribution in [0.25, 0.3) is 22.2 Å². The van der Waals surface area contributed by atoms with E-state index in [1.54, 1.807) is 31.2 Å². The maximum absolute atomic E-state index is 15.2. The molecule has 7 nitrogen and oxygen atoms in total. The number of H-pyrrole nitrogens is 1. The first-order chi connectivity index (χ1) is 16.0. The lowest BCUT2D eigenvalue weighted by atomic mass is 10.1. The number of hydrogen-bond acceptors (Lipinski definition) is 5. The van der Waals surface area contributed by atoms with Gasteiger partial charge in [0.15, 0.2) is 5.82 Å². The first-order valence-corrected chi connectivity index (χ1v) is 13.5. The summed E-state index contributed by atoms with van der Waals surface area (Å²) in [6.07, 6.45) is 2.86. The molecule has 0 saturated heterocycles. The van der Waals surface area contributed by atoms with Crippen molar-refractivity contribution in [1.82, 2.24) is 9.97 Å². The fourth-order valence-electron chi connectivity index (χ4n) is 3.46. The standard InChI is InChI=1S/C22H18ClF2N3O4S2/c1-2-9-33(29,30)28-18-8-7-17(24)21(20(18)25)34(31,32)19-12-27-22-16(19)10-14(11-26-22)13-3-5-15(23)6-4-13/h3-8,10-12,28H,2,9H2,1H3,(H,26,27). The molecule has 2 N–H and O–H groups in total. The van der Waals surface area contributed by atoms with Gasteiger partial charge in [0.25, 0.3) is 0 Å². The molecule has 2 aromatic carbocycles. The molecule has 4 aromatic rings. The van der Waals surface area contributed by atoms with Gasteiger partial charge in [-0.3, -0.25) is 4.72 Å². The van der Waals surface area contributed by atoms with Crippen molar-refractivity contribution < 1.29 is 25.6 Å². The van der Waals surface area contributed by atoms with Crippen molar-refractivity contribution in [2.75, 3.05) is 10.5 Å². The summed E-state index contributed by atoms with van der Waals surface area (Å²) in [5.74, 6) is -3.20. The Balaban J connectivity index is 1.85. The number of anilines is 1. The third-order valence-corrected chi connectivity index (χ3v) is 8.57. The second kappa shape index (κ2) is 8.97. The minimum Gasteiger partial charge on any atom is -0.345 e. The fourth-order valence-corrected chi connectivity index (χ4v) is 6.26. The number of nitrogens with one attached hydrogen (secondary N) is 2. The first-order valence-electron chi connectivity index (χ1n) is 10.00. The Labute approximate surface area is 199 Å². The number of hydrogen-bond donors (Lipinski definition) is 2. The van der Waals surface area contributed by atoms with E-state index >= 15 is 4.39 Å². The molecular weight excluding hydrogens is 508 g/mol. The third-order valence-electron chi connectivity index (χ3n) is 5.02. The summed E-state index contributed by atoms with van der Waals surface area (Å²) in [5, 5.41) is 0.631. The highest BCUT2D eigenvalue weighted by Crippen LogP contribution is 2.35. The van der Waals surface area contributed by atoms with Gasteiger partial charge in [-0.15, -0.1) is 0 Å². The van der Waals surface area contributed by atoms with Gasteiger partial charge in [-0.05, 0) is 42.3 Å². The zero-order chi connectivity index (χ0) is 24.7. The summed E-state index contributed by atoms with van der Waals surface area (Å²) in [7, 11) is -8.70. The van der Waals surface area contributed by atoms with Crippen LogP contribution in [0.2, 0.25) is 5.02 Å². The lowest BCUT2D eigenvalue weighted by molar-refractivity contribution is 0.521. The van der Waals surface area contributed by atoms with Crippen LogP contribution in [0.3, 0.4) is 0 Å². The maximum atomic E-state index is 15.2. The van der Waals surface area contributed by atoms with E-state index in [1.165, 1.54) is 12.3 Å². The SMILES string of the molecule is CCCS(=O)(=O)Nc1ccc(F)c(S(=O)(=O)c2c[nH]c3ncc(-c4ccc(Cl)cc4)cc23)c1F. The molecule has 178 valence electrons. The van der Waals surface area contributed by atoms with Gasteiger partial charge in [0.05, 0.1) is 16.3 Å². The molecule has 0 bridgehead atoms. The lowest BCUT2D eigenvalue weighted by Crippen LogP contribution is -2.18. The van der Waals surface area contributed by atoms with Crippen LogP contribution in [0.5, 0.6) is 0 Å². The average molecular weight is 526 g/mol. The van der Waals surface area contributed by atoms with E-state index < -0.39 is 47.0 Å². The van der Waals surface area contributed by atoms with Gasteiger partial charge in [0, 0.05) is 28.4 Å². The number of sulfone groups is 1. The van der Waals surface area contributed by atoms with E-state index in [0.717, 1.165) is 12.3 Å². The van der Waals surface area contributed by atoms with E-state index in [4.69, 9.17) is 11.6 Å². The molecular formula is C22H18ClF2N3O4S2. The van der Waals surface area contributed by atoms with Gasteiger partial charge in [0.2, 0.25) is 19.9 Å². The van der Waals surface area contributed by atoms with Crippen LogP contribution in [-0.4, -0.2) is 32.6 Å². The number of sulfonamides is 1. The van der Waals surface area contributed by atoms with Crippen LogP contribution in [0.15, 0.2) is 64.6 Å². The summed E-state index contributed by atoms with van der Waals surface area (Å²) >= 11 is 5.92. The summed E-state index contributed by atoms with van der Waals surface area (Å²) < 4.78 is 82.6. The van der Waals surface area contributed by atoms with E-state index in [9.17, 15) is 21.2 Å². The number of benzene rings is 2. The van der Waals surface area contributed by atoms with E-state index in [-0.39, 0.29) is 23.2 Å². The van der Waals surface area contributed by atoms with Crippen LogP contribution in [0.1, 0.15) is 13.3 Å². The third kappa shape index (κ3) is 4.50. The normalized spacial score (nSPS) is 12.2. The Kier molecular flexibility index (Phi) is 6.36. The zero-order valence-corrected chi connectivity index (χ0v) is 20.0. The second-order valence-electron chi connectivity index (χ2n) is 7.44. The number of nitrogens with zero attached hydrogens (tertiary/aromatic N) is 1. The minimum atomic E-state index is -4.76. The summed E-state index contributed by atoms with van der Waals surface area (Å²) in [5.41, 5.74) is 0.792. The van der Waals surface area contributed by atoms with Crippen LogP contribution in [0.4, 0.5) is 14.5 Å². The van der Waals surface area contributed by atoms with Crippen LogP contribution in [-0.2, 0) is 19.9 Å². The monoisotopic (exact) mass is 525 g/mol. The van der Waals surface area contributed by atoms with Gasteiger partial charge in [-0.1, -0.05) is 30.7 Å². The molecule has 4 rings (SSSR count). The zero-order valence-electron chi connectivity index (χ0n) is 17.6. The van der Waals surface area contributed by atoms with Crippen LogP contribution >= 0.6 is 11.6 Å². The van der Waals surface area contributed by atoms with Gasteiger partial charge < -0.3 is 4.98 Å². The van der Waals surface area contributed by atoms with E-state index in [1.807, 2.05) is 4.72 Å². The molecule has 12 heteroatoms. The van der Waals surface area contributed by atoms with Crippen LogP contribution < -0.4 is 4.72 Å². The highest BCUT2D eigenvalue weighted by molar-refractivity contribution is 7.92. The van der Waals surface area contributed by atoms with Crippen molar-refractivity contribution in [3.05, 3.63) is 71.5 Å². The van der Waals surface area contributed by atoms with E-state index in [0.29, 0.717) is 22.2 Å². The Hall–Kier alpha value is -3.02. The maximum Gasteiger partial charge on any atom is 0.232 e. The van der Waals surface area contributed by atoms with Crippen molar-refractivity contribution in [2.24, 2.45) is 0 Å². The molecule has 0 unspecified atom stereocenters. The van der Waals surface area contributed by atoms with Gasteiger partial charge in [-0.25, -0.2) is 30.6 Å². The molecule has 0 aliphatic heterocycles. The van der Waals surface area contributed by atoms with E-state index in [2.05, 4.69) is 9.97 Å². The summed E-state index contributed by atoms with van der Waals surface area (Å²) in [6.45, 7) is 1.61. The predicted octanol–water partition coefficient (Wildman–Crippen LogP) is 5.15. The topological polar surface area (TPSA) is 109 Å². The Morgan fingerprint density at radius 1 is 1.03 bits per heavy atom. The predicted molar refractivity (Wildman–Crippen MR) is 126 cm³/mol. The van der Waals surface area contributed by atoms with Crippen molar-refractivity contribution >= 4 is 48.2 Å². The highest BCUT2D eigenvalue weighted by Gasteiger charge is 2.31. The molecule has 0 aliphatic carbocycles. The number of aromatic nitrogens is 2. The molecule has 0 amide bonds. The van der Waals surface area contributed by atoms with Gasteiger partial charge in [-0.2, -0.15) is 0 Å². The molecule has 0 atom stereocenters. The largest absolute Gasteiger partial charge is 0.345 e. The smallest absolute Gasteiger partial charge is 0.232 e. The van der Waals surface area contributed by atoms with Crippen molar-refractivity contribution in [1.29, 1.82) is 0 Å². The molecule has 34 heavy (non-hydrogen) atoms. The van der Waals surface area contributed by atoms with Gasteiger partial charge >= 0.3 is 0 Å². The number of rotatable bonds is 7. The van der Waals surface area contributed by atoms with Crippen molar-refractivity contribution in [2.45, 2.75) is 23.1 Å². The minimum absolute atomic E-state index is 0.114. The number of fused-ring (bicyclic) bond motifs is 1. The molecule has 2 heterocycles. The lowest BCUT2D eigenvalue weighted by Gasteiger charge is -2.12. The second-order valence-corrected chi connectivity index (χ2v) is 11.6. The Morgan fingerprint density at radius 2 is 1.74 bits per heavy atom. The Bertz CT molecular complexity index is 1600. The van der Waals surface area contributed by atoms with Crippen molar-refractivity contribution in [3.8, 4) is 11.1 Å². The number of halogens is 3. The molecule has 0 aliphatic rings. The summed E-state index contributed by atoms with van der Waals surface area (Å²) in [6, 6.07) is 9.82. The molecule has 0 saturated carbocycles. The molecule has 0 radical (unpaired) electrons. The highest BCUT2D eigenvalue weighted by atomic mass is 35.5. The molecule has 0 spiro atoms. The number of aromatic amines is 1. The summed E-state index contributed by atoms with van der Waals surface area (Å²) in [4.78, 5) is 5.23. The van der Waals surface area contributed by atoms with Crippen molar-refractivity contribution in [3.63, 3.8) is 0 Å². The Morgan fingerprint density at radius 3 is 2.41 bits per heavy atom. The molecule has 2 aromatic heterocycles. The van der Waals surface area contributed by atoms with Gasteiger partial charge in [0.1, 0.15) is 16.4 Å².